The molecule has 1 fully saturated rings. The molecule has 1 unspecified atom stereocenters. The Morgan fingerprint density at radius 3 is 2.14 bits per heavy atom. The van der Waals surface area contributed by atoms with Crippen LogP contribution in [-0.2, 0) is 18.8 Å². The van der Waals surface area contributed by atoms with Crippen molar-refractivity contribution in [2.24, 2.45) is 0 Å². The maximum absolute atomic E-state index is 14.7. The second-order valence-electron chi connectivity index (χ2n) is 8.44. The fourth-order valence-electron chi connectivity index (χ4n) is 3.29. The molecule has 0 spiro atoms. The second-order valence-corrected chi connectivity index (χ2v) is 8.44. The van der Waals surface area contributed by atoms with Crippen LogP contribution in [0, 0.1) is 11.6 Å². The van der Waals surface area contributed by atoms with Crippen molar-refractivity contribution < 1.29 is 27.6 Å². The molecular weight excluding hydrogens is 365 g/mol. The van der Waals surface area contributed by atoms with Crippen molar-refractivity contribution in [3.8, 4) is 0 Å². The average molecular weight is 396 g/mol. The van der Waals surface area contributed by atoms with E-state index in [1.165, 1.54) is 12.1 Å². The minimum atomic E-state index is -0.803. The Labute approximate surface area is 167 Å². The molecule has 0 bridgehead atoms. The molecule has 28 heavy (non-hydrogen) atoms. The first-order chi connectivity index (χ1) is 13.0. The largest absolute Gasteiger partial charge is 0.495 e. The highest BCUT2D eigenvalue weighted by Gasteiger charge is 2.52. The van der Waals surface area contributed by atoms with Gasteiger partial charge >= 0.3 is 13.1 Å². The number of hydrogen-bond acceptors (Lipinski definition) is 4. The lowest BCUT2D eigenvalue weighted by Gasteiger charge is -2.32. The van der Waals surface area contributed by atoms with Gasteiger partial charge in [0.15, 0.2) is 0 Å². The smallest absolute Gasteiger partial charge is 0.466 e. The summed E-state index contributed by atoms with van der Waals surface area (Å²) in [6.45, 7) is 11.5. The van der Waals surface area contributed by atoms with Gasteiger partial charge < -0.3 is 14.0 Å². The Morgan fingerprint density at radius 1 is 1.11 bits per heavy atom. The first-order valence-corrected chi connectivity index (χ1v) is 9.98. The van der Waals surface area contributed by atoms with Gasteiger partial charge in [-0.3, -0.25) is 4.79 Å². The SMILES string of the molecule is CCOC(=O)CCCCC(C)c1c(F)cc(B2OC(C)(C)C(C)(C)O2)cc1F. The van der Waals surface area contributed by atoms with E-state index < -0.39 is 30.0 Å². The van der Waals surface area contributed by atoms with Crippen molar-refractivity contribution in [1.82, 2.24) is 0 Å². The predicted octanol–water partition coefficient (Wildman–Crippen LogP) is 4.49. The average Bonchev–Trinajstić information content (AvgIpc) is 2.79. The molecule has 0 amide bonds. The standard InChI is InChI=1S/C21H31BF2O4/c1-7-26-18(25)11-9-8-10-14(2)19-16(23)12-15(13-17(19)24)22-27-20(3,4)21(5,6)28-22/h12-14H,7-11H2,1-6H3. The van der Waals surface area contributed by atoms with Crippen molar-refractivity contribution in [3.63, 3.8) is 0 Å². The molecule has 1 saturated heterocycles. The molecule has 7 heteroatoms. The van der Waals surface area contributed by atoms with Crippen LogP contribution in [0.3, 0.4) is 0 Å². The molecule has 0 aromatic heterocycles. The molecule has 1 aromatic rings. The van der Waals surface area contributed by atoms with E-state index in [0.29, 0.717) is 37.8 Å². The molecule has 0 N–H and O–H groups in total. The highest BCUT2D eigenvalue weighted by Crippen LogP contribution is 2.37. The number of benzene rings is 1. The Hall–Kier alpha value is -1.47. The van der Waals surface area contributed by atoms with Crippen molar-refractivity contribution >= 4 is 18.6 Å². The minimum absolute atomic E-state index is 0.0661. The number of ether oxygens (including phenoxy) is 1. The number of esters is 1. The normalized spacial score (nSPS) is 18.9. The van der Waals surface area contributed by atoms with E-state index in [-0.39, 0.29) is 17.5 Å². The fraction of sp³-hybridized carbons (Fsp3) is 0.667. The number of rotatable bonds is 8. The molecule has 1 aromatic carbocycles. The van der Waals surface area contributed by atoms with Gasteiger partial charge in [0, 0.05) is 12.0 Å². The third-order valence-electron chi connectivity index (χ3n) is 5.69. The topological polar surface area (TPSA) is 44.8 Å². The van der Waals surface area contributed by atoms with E-state index >= 15 is 0 Å². The predicted molar refractivity (Wildman–Crippen MR) is 106 cm³/mol. The van der Waals surface area contributed by atoms with E-state index in [1.807, 2.05) is 27.7 Å². The van der Waals surface area contributed by atoms with Crippen LogP contribution in [0.2, 0.25) is 0 Å². The summed E-state index contributed by atoms with van der Waals surface area (Å²) in [6.07, 6.45) is 2.24. The molecule has 0 saturated carbocycles. The van der Waals surface area contributed by atoms with Crippen LogP contribution in [-0.4, -0.2) is 30.9 Å². The van der Waals surface area contributed by atoms with Crippen LogP contribution in [0.15, 0.2) is 12.1 Å². The van der Waals surface area contributed by atoms with E-state index in [1.54, 1.807) is 13.8 Å². The van der Waals surface area contributed by atoms with Crippen molar-refractivity contribution in [2.75, 3.05) is 6.61 Å². The van der Waals surface area contributed by atoms with Crippen LogP contribution < -0.4 is 5.46 Å². The molecule has 1 aliphatic heterocycles. The zero-order valence-corrected chi connectivity index (χ0v) is 17.7. The van der Waals surface area contributed by atoms with Crippen LogP contribution in [0.25, 0.3) is 0 Å². The van der Waals surface area contributed by atoms with Gasteiger partial charge in [-0.1, -0.05) is 13.3 Å². The lowest BCUT2D eigenvalue weighted by molar-refractivity contribution is -0.143. The van der Waals surface area contributed by atoms with Crippen LogP contribution in [0.4, 0.5) is 8.78 Å². The highest BCUT2D eigenvalue weighted by molar-refractivity contribution is 6.62. The van der Waals surface area contributed by atoms with E-state index in [4.69, 9.17) is 14.0 Å². The van der Waals surface area contributed by atoms with Gasteiger partial charge in [0.05, 0.1) is 17.8 Å². The molecule has 156 valence electrons. The number of hydrogen-bond donors (Lipinski definition) is 0. The summed E-state index contributed by atoms with van der Waals surface area (Å²) in [6, 6.07) is 2.60. The molecule has 1 atom stereocenters. The summed E-state index contributed by atoms with van der Waals surface area (Å²) in [4.78, 5) is 11.4. The quantitative estimate of drug-likeness (QED) is 0.369. The molecule has 1 aliphatic rings. The van der Waals surface area contributed by atoms with Crippen molar-refractivity contribution in [2.45, 2.75) is 84.3 Å². The Morgan fingerprint density at radius 2 is 1.64 bits per heavy atom. The molecule has 4 nitrogen and oxygen atoms in total. The number of unbranched alkanes of at least 4 members (excludes halogenated alkanes) is 1. The second kappa shape index (κ2) is 8.91. The maximum atomic E-state index is 14.7. The zero-order valence-electron chi connectivity index (χ0n) is 17.7. The van der Waals surface area contributed by atoms with Crippen molar-refractivity contribution in [1.29, 1.82) is 0 Å². The number of carbonyl (C=O) groups excluding carboxylic acids is 1. The lowest BCUT2D eigenvalue weighted by atomic mass is 9.77. The minimum Gasteiger partial charge on any atom is -0.466 e. The van der Waals surface area contributed by atoms with Gasteiger partial charge in [0.1, 0.15) is 11.6 Å². The third kappa shape index (κ3) is 5.12. The number of halogens is 2. The van der Waals surface area contributed by atoms with E-state index in [0.717, 1.165) is 0 Å². The Kier molecular flexibility index (Phi) is 7.26. The van der Waals surface area contributed by atoms with Gasteiger partial charge in [0.25, 0.3) is 0 Å². The van der Waals surface area contributed by atoms with Gasteiger partial charge in [-0.05, 0) is 71.0 Å². The third-order valence-corrected chi connectivity index (χ3v) is 5.69. The van der Waals surface area contributed by atoms with Crippen LogP contribution >= 0.6 is 0 Å². The van der Waals surface area contributed by atoms with E-state index in [2.05, 4.69) is 0 Å². The summed E-state index contributed by atoms with van der Waals surface area (Å²) in [5, 5.41) is 0. The molecule has 0 radical (unpaired) electrons. The van der Waals surface area contributed by atoms with Gasteiger partial charge in [-0.25, -0.2) is 8.78 Å². The molecule has 1 heterocycles. The zero-order chi connectivity index (χ0) is 21.1. The van der Waals surface area contributed by atoms with Gasteiger partial charge in [-0.2, -0.15) is 0 Å². The maximum Gasteiger partial charge on any atom is 0.495 e. The number of carbonyl (C=O) groups is 1. The van der Waals surface area contributed by atoms with Crippen LogP contribution in [0.5, 0.6) is 0 Å². The summed E-state index contributed by atoms with van der Waals surface area (Å²) >= 11 is 0. The molecule has 2 rings (SSSR count). The lowest BCUT2D eigenvalue weighted by Crippen LogP contribution is -2.41. The van der Waals surface area contributed by atoms with Gasteiger partial charge in [-0.15, -0.1) is 0 Å². The fourth-order valence-corrected chi connectivity index (χ4v) is 3.29. The molecular formula is C21H31BF2O4. The van der Waals surface area contributed by atoms with Crippen LogP contribution in [0.1, 0.15) is 78.7 Å². The molecule has 0 aliphatic carbocycles. The summed E-state index contributed by atoms with van der Waals surface area (Å²) in [5.41, 5.74) is -0.742. The summed E-state index contributed by atoms with van der Waals surface area (Å²) in [7, 11) is -0.803. The Bertz CT molecular complexity index is 667. The first kappa shape index (κ1) is 22.8. The van der Waals surface area contributed by atoms with E-state index in [9.17, 15) is 13.6 Å². The van der Waals surface area contributed by atoms with Crippen molar-refractivity contribution in [3.05, 3.63) is 29.3 Å². The summed E-state index contributed by atoms with van der Waals surface area (Å²) in [5.74, 6) is -1.72. The highest BCUT2D eigenvalue weighted by atomic mass is 19.1. The monoisotopic (exact) mass is 396 g/mol. The first-order valence-electron chi connectivity index (χ1n) is 9.98. The van der Waals surface area contributed by atoms with Gasteiger partial charge in [0.2, 0.25) is 0 Å². The Balaban J connectivity index is 2.03. The summed E-state index contributed by atoms with van der Waals surface area (Å²) < 4.78 is 46.1.